The van der Waals surface area contributed by atoms with Crippen LogP contribution in [0.3, 0.4) is 0 Å². The molecule has 1 aliphatic rings. The van der Waals surface area contributed by atoms with Crippen LogP contribution in [-0.4, -0.2) is 68.0 Å². The Kier molecular flexibility index (Phi) is 7.18. The lowest BCUT2D eigenvalue weighted by atomic mass is 10.1. The maximum Gasteiger partial charge on any atom is 0.219 e. The summed E-state index contributed by atoms with van der Waals surface area (Å²) in [5.41, 5.74) is 1.53. The molecule has 6 nitrogen and oxygen atoms in total. The van der Waals surface area contributed by atoms with Gasteiger partial charge in [-0.15, -0.1) is 0 Å². The van der Waals surface area contributed by atoms with Crippen molar-refractivity contribution in [3.63, 3.8) is 0 Å². The van der Waals surface area contributed by atoms with Gasteiger partial charge in [0.2, 0.25) is 5.91 Å². The van der Waals surface area contributed by atoms with Crippen LogP contribution in [0.1, 0.15) is 18.1 Å². The molecular formula is C18H28FN5O. The third-order valence-corrected chi connectivity index (χ3v) is 4.46. The lowest BCUT2D eigenvalue weighted by molar-refractivity contribution is -0.130. The van der Waals surface area contributed by atoms with E-state index in [1.54, 1.807) is 33.0 Å². The first-order chi connectivity index (χ1) is 12.0. The van der Waals surface area contributed by atoms with E-state index < -0.39 is 0 Å². The number of halogens is 1. The minimum atomic E-state index is -0.188. The highest BCUT2D eigenvalue weighted by Gasteiger charge is 2.17. The van der Waals surface area contributed by atoms with Crippen LogP contribution in [0.15, 0.2) is 23.2 Å². The number of hydrogen-bond donors (Lipinski definition) is 2. The van der Waals surface area contributed by atoms with Crippen molar-refractivity contribution in [2.45, 2.75) is 20.4 Å². The summed E-state index contributed by atoms with van der Waals surface area (Å²) >= 11 is 0. The molecule has 1 saturated heterocycles. The van der Waals surface area contributed by atoms with E-state index in [4.69, 9.17) is 0 Å². The number of carbonyl (C=O) groups is 1. The van der Waals surface area contributed by atoms with Gasteiger partial charge in [-0.2, -0.15) is 0 Å². The third kappa shape index (κ3) is 6.01. The lowest BCUT2D eigenvalue weighted by Gasteiger charge is -2.34. The van der Waals surface area contributed by atoms with Gasteiger partial charge in [0.15, 0.2) is 5.96 Å². The zero-order valence-electron chi connectivity index (χ0n) is 15.3. The molecule has 0 bridgehead atoms. The van der Waals surface area contributed by atoms with Gasteiger partial charge in [-0.3, -0.25) is 14.7 Å². The Morgan fingerprint density at radius 1 is 1.24 bits per heavy atom. The summed E-state index contributed by atoms with van der Waals surface area (Å²) < 4.78 is 13.6. The molecule has 0 radical (unpaired) electrons. The number of rotatable bonds is 5. The third-order valence-electron chi connectivity index (χ3n) is 4.46. The smallest absolute Gasteiger partial charge is 0.219 e. The van der Waals surface area contributed by atoms with Crippen LogP contribution in [0.25, 0.3) is 0 Å². The highest BCUT2D eigenvalue weighted by molar-refractivity contribution is 5.79. The van der Waals surface area contributed by atoms with Crippen LogP contribution in [0.4, 0.5) is 4.39 Å². The molecule has 138 valence electrons. The molecule has 0 aliphatic carbocycles. The zero-order chi connectivity index (χ0) is 18.2. The van der Waals surface area contributed by atoms with E-state index in [9.17, 15) is 9.18 Å². The van der Waals surface area contributed by atoms with E-state index >= 15 is 0 Å². The standard InChI is InChI=1S/C18H28FN5O/c1-14-4-5-16(12-17(14)19)13-22-18(20-3)21-6-7-23-8-10-24(11-9-23)15(2)25/h4-5,12H,6-11,13H2,1-3H3,(H2,20,21,22). The van der Waals surface area contributed by atoms with E-state index in [1.807, 2.05) is 11.0 Å². The molecule has 1 aromatic rings. The maximum atomic E-state index is 13.6. The van der Waals surface area contributed by atoms with Crippen LogP contribution in [0, 0.1) is 12.7 Å². The van der Waals surface area contributed by atoms with Crippen molar-refractivity contribution in [3.8, 4) is 0 Å². The Morgan fingerprint density at radius 2 is 1.96 bits per heavy atom. The second-order valence-electron chi connectivity index (χ2n) is 6.28. The van der Waals surface area contributed by atoms with Crippen molar-refractivity contribution in [2.24, 2.45) is 4.99 Å². The largest absolute Gasteiger partial charge is 0.355 e. The summed E-state index contributed by atoms with van der Waals surface area (Å²) in [6, 6.07) is 5.24. The van der Waals surface area contributed by atoms with Crippen LogP contribution >= 0.6 is 0 Å². The Bertz CT molecular complexity index is 611. The fourth-order valence-corrected chi connectivity index (χ4v) is 2.77. The molecule has 0 aromatic heterocycles. The Balaban J connectivity index is 1.68. The fourth-order valence-electron chi connectivity index (χ4n) is 2.77. The molecule has 0 spiro atoms. The molecule has 7 heteroatoms. The fraction of sp³-hybridized carbons (Fsp3) is 0.556. The molecule has 1 amide bonds. The summed E-state index contributed by atoms with van der Waals surface area (Å²) in [6.45, 7) is 8.94. The van der Waals surface area contributed by atoms with E-state index in [2.05, 4.69) is 20.5 Å². The quantitative estimate of drug-likeness (QED) is 0.614. The summed E-state index contributed by atoms with van der Waals surface area (Å²) in [4.78, 5) is 19.7. The Morgan fingerprint density at radius 3 is 2.56 bits per heavy atom. The second-order valence-corrected chi connectivity index (χ2v) is 6.28. The molecule has 1 fully saturated rings. The number of guanidine groups is 1. The summed E-state index contributed by atoms with van der Waals surface area (Å²) in [7, 11) is 1.72. The van der Waals surface area contributed by atoms with Gasteiger partial charge in [0, 0.05) is 59.8 Å². The monoisotopic (exact) mass is 349 g/mol. The maximum absolute atomic E-state index is 13.6. The first-order valence-electron chi connectivity index (χ1n) is 8.67. The number of aliphatic imine (C=N–C) groups is 1. The van der Waals surface area contributed by atoms with Gasteiger partial charge in [-0.25, -0.2) is 4.39 Å². The Labute approximate surface area is 149 Å². The number of hydrogen-bond acceptors (Lipinski definition) is 3. The summed E-state index contributed by atoms with van der Waals surface area (Å²) in [5.74, 6) is 0.658. The van der Waals surface area contributed by atoms with Gasteiger partial charge < -0.3 is 15.5 Å². The SMILES string of the molecule is CN=C(NCCN1CCN(C(C)=O)CC1)NCc1ccc(C)c(F)c1. The van der Waals surface area contributed by atoms with Crippen LogP contribution < -0.4 is 10.6 Å². The second kappa shape index (κ2) is 9.36. The van der Waals surface area contributed by atoms with E-state index in [0.29, 0.717) is 18.1 Å². The van der Waals surface area contributed by atoms with E-state index in [1.165, 1.54) is 0 Å². The van der Waals surface area contributed by atoms with Crippen molar-refractivity contribution < 1.29 is 9.18 Å². The molecule has 25 heavy (non-hydrogen) atoms. The van der Waals surface area contributed by atoms with Crippen LogP contribution in [0.2, 0.25) is 0 Å². The van der Waals surface area contributed by atoms with Crippen molar-refractivity contribution in [2.75, 3.05) is 46.3 Å². The zero-order valence-corrected chi connectivity index (χ0v) is 15.3. The predicted octanol–water partition coefficient (Wildman–Crippen LogP) is 0.963. The molecule has 2 rings (SSSR count). The van der Waals surface area contributed by atoms with Gasteiger partial charge >= 0.3 is 0 Å². The minimum Gasteiger partial charge on any atom is -0.355 e. The van der Waals surface area contributed by atoms with Gasteiger partial charge in [0.1, 0.15) is 5.82 Å². The molecule has 0 unspecified atom stereocenters. The molecule has 1 aromatic carbocycles. The number of carbonyl (C=O) groups excluding carboxylic acids is 1. The highest BCUT2D eigenvalue weighted by Crippen LogP contribution is 2.08. The number of nitrogens with zero attached hydrogens (tertiary/aromatic N) is 3. The number of benzene rings is 1. The molecule has 1 heterocycles. The molecule has 0 atom stereocenters. The van der Waals surface area contributed by atoms with Gasteiger partial charge in [0.05, 0.1) is 0 Å². The Hall–Kier alpha value is -2.15. The van der Waals surface area contributed by atoms with Crippen molar-refractivity contribution >= 4 is 11.9 Å². The first-order valence-corrected chi connectivity index (χ1v) is 8.67. The van der Waals surface area contributed by atoms with Crippen LogP contribution in [0.5, 0.6) is 0 Å². The topological polar surface area (TPSA) is 60.0 Å². The van der Waals surface area contributed by atoms with Gasteiger partial charge in [0.25, 0.3) is 0 Å². The number of aryl methyl sites for hydroxylation is 1. The molecular weight excluding hydrogens is 321 g/mol. The normalized spacial score (nSPS) is 16.0. The summed E-state index contributed by atoms with van der Waals surface area (Å²) in [6.07, 6.45) is 0. The number of amides is 1. The average molecular weight is 349 g/mol. The van der Waals surface area contributed by atoms with Gasteiger partial charge in [-0.05, 0) is 24.1 Å². The van der Waals surface area contributed by atoms with Crippen molar-refractivity contribution in [3.05, 3.63) is 35.1 Å². The highest BCUT2D eigenvalue weighted by atomic mass is 19.1. The van der Waals surface area contributed by atoms with Crippen molar-refractivity contribution in [1.82, 2.24) is 20.4 Å². The average Bonchev–Trinajstić information content (AvgIpc) is 2.61. The van der Waals surface area contributed by atoms with Crippen LogP contribution in [-0.2, 0) is 11.3 Å². The van der Waals surface area contributed by atoms with E-state index in [0.717, 1.165) is 44.8 Å². The lowest BCUT2D eigenvalue weighted by Crippen LogP contribution is -2.50. The molecule has 1 aliphatic heterocycles. The molecule has 2 N–H and O–H groups in total. The van der Waals surface area contributed by atoms with E-state index in [-0.39, 0.29) is 11.7 Å². The van der Waals surface area contributed by atoms with Crippen molar-refractivity contribution in [1.29, 1.82) is 0 Å². The predicted molar refractivity (Wildman–Crippen MR) is 98.0 cm³/mol. The molecule has 0 saturated carbocycles. The van der Waals surface area contributed by atoms with Gasteiger partial charge in [-0.1, -0.05) is 12.1 Å². The minimum absolute atomic E-state index is 0.148. The number of piperazine rings is 1. The number of nitrogens with one attached hydrogen (secondary N) is 2. The first kappa shape index (κ1) is 19.2. The summed E-state index contributed by atoms with van der Waals surface area (Å²) in [5, 5.41) is 6.46.